The summed E-state index contributed by atoms with van der Waals surface area (Å²) in [6.45, 7) is 6.24. The van der Waals surface area contributed by atoms with Crippen LogP contribution in [0.15, 0.2) is 24.3 Å². The molecular formula is C19H28N2O3. The Balaban J connectivity index is 1.97. The quantitative estimate of drug-likeness (QED) is 0.569. The second-order valence-corrected chi connectivity index (χ2v) is 6.07. The van der Waals surface area contributed by atoms with Gasteiger partial charge in [-0.15, -0.1) is 0 Å². The molecule has 0 atom stereocenters. The van der Waals surface area contributed by atoms with E-state index in [1.54, 1.807) is 13.2 Å². The molecular weight excluding hydrogens is 304 g/mol. The van der Waals surface area contributed by atoms with E-state index in [0.29, 0.717) is 12.4 Å². The maximum absolute atomic E-state index is 12.2. The number of hydrogen-bond acceptors (Lipinski definition) is 4. The average Bonchev–Trinajstić information content (AvgIpc) is 2.61. The van der Waals surface area contributed by atoms with E-state index >= 15 is 0 Å². The molecule has 132 valence electrons. The highest BCUT2D eigenvalue weighted by molar-refractivity contribution is 5.92. The Labute approximate surface area is 144 Å². The SMILES string of the molecule is CCCCOc1ccc(/C=C/C(=O)N2CCN(C)CC2)cc1OC. The second-order valence-electron chi connectivity index (χ2n) is 6.07. The highest BCUT2D eigenvalue weighted by atomic mass is 16.5. The summed E-state index contributed by atoms with van der Waals surface area (Å²) in [5, 5.41) is 0. The van der Waals surface area contributed by atoms with Crippen LogP contribution < -0.4 is 9.47 Å². The van der Waals surface area contributed by atoms with Crippen LogP contribution in [-0.2, 0) is 4.79 Å². The van der Waals surface area contributed by atoms with Crippen molar-refractivity contribution in [3.8, 4) is 11.5 Å². The first-order chi connectivity index (χ1) is 11.6. The van der Waals surface area contributed by atoms with Gasteiger partial charge in [-0.2, -0.15) is 0 Å². The van der Waals surface area contributed by atoms with Gasteiger partial charge in [0, 0.05) is 32.3 Å². The van der Waals surface area contributed by atoms with Gasteiger partial charge in [-0.1, -0.05) is 19.4 Å². The molecule has 0 bridgehead atoms. The van der Waals surface area contributed by atoms with E-state index in [1.165, 1.54) is 0 Å². The van der Waals surface area contributed by atoms with Gasteiger partial charge in [0.1, 0.15) is 0 Å². The fourth-order valence-corrected chi connectivity index (χ4v) is 2.53. The Hall–Kier alpha value is -2.01. The number of carbonyl (C=O) groups is 1. The Morgan fingerprint density at radius 3 is 2.62 bits per heavy atom. The molecule has 0 saturated carbocycles. The van der Waals surface area contributed by atoms with Crippen LogP contribution >= 0.6 is 0 Å². The van der Waals surface area contributed by atoms with Crippen molar-refractivity contribution in [2.75, 3.05) is 46.9 Å². The van der Waals surface area contributed by atoms with Crippen LogP contribution in [0.4, 0.5) is 0 Å². The van der Waals surface area contributed by atoms with Crippen molar-refractivity contribution in [3.05, 3.63) is 29.8 Å². The lowest BCUT2D eigenvalue weighted by atomic mass is 10.2. The lowest BCUT2D eigenvalue weighted by Crippen LogP contribution is -2.46. The Morgan fingerprint density at radius 1 is 1.21 bits per heavy atom. The second kappa shape index (κ2) is 9.33. The van der Waals surface area contributed by atoms with Crippen molar-refractivity contribution in [1.29, 1.82) is 0 Å². The molecule has 0 spiro atoms. The zero-order valence-corrected chi connectivity index (χ0v) is 15.0. The number of unbranched alkanes of at least 4 members (excludes halogenated alkanes) is 1. The summed E-state index contributed by atoms with van der Waals surface area (Å²) in [4.78, 5) is 16.4. The number of ether oxygens (including phenoxy) is 2. The number of hydrogen-bond donors (Lipinski definition) is 0. The molecule has 1 amide bonds. The van der Waals surface area contributed by atoms with Gasteiger partial charge >= 0.3 is 0 Å². The van der Waals surface area contributed by atoms with E-state index in [4.69, 9.17) is 9.47 Å². The molecule has 1 heterocycles. The molecule has 1 saturated heterocycles. The summed E-state index contributed by atoms with van der Waals surface area (Å²) in [5.41, 5.74) is 0.928. The largest absolute Gasteiger partial charge is 0.493 e. The van der Waals surface area contributed by atoms with Gasteiger partial charge in [0.15, 0.2) is 11.5 Å². The smallest absolute Gasteiger partial charge is 0.246 e. The fourth-order valence-electron chi connectivity index (χ4n) is 2.53. The average molecular weight is 332 g/mol. The van der Waals surface area contributed by atoms with Crippen molar-refractivity contribution in [1.82, 2.24) is 9.80 Å². The molecule has 24 heavy (non-hydrogen) atoms. The molecule has 2 rings (SSSR count). The summed E-state index contributed by atoms with van der Waals surface area (Å²) in [5.74, 6) is 1.50. The van der Waals surface area contributed by atoms with Gasteiger partial charge in [0.05, 0.1) is 13.7 Å². The van der Waals surface area contributed by atoms with E-state index in [1.807, 2.05) is 29.2 Å². The zero-order valence-electron chi connectivity index (χ0n) is 15.0. The van der Waals surface area contributed by atoms with Gasteiger partial charge in [-0.25, -0.2) is 0 Å². The first kappa shape index (κ1) is 18.3. The molecule has 0 N–H and O–H groups in total. The van der Waals surface area contributed by atoms with E-state index in [0.717, 1.165) is 50.3 Å². The van der Waals surface area contributed by atoms with Crippen LogP contribution in [0.5, 0.6) is 11.5 Å². The van der Waals surface area contributed by atoms with Crippen LogP contribution in [0, 0.1) is 0 Å². The summed E-state index contributed by atoms with van der Waals surface area (Å²) >= 11 is 0. The standard InChI is InChI=1S/C19H28N2O3/c1-4-5-14-24-17-8-6-16(15-18(17)23-3)7-9-19(22)21-12-10-20(2)11-13-21/h6-9,15H,4-5,10-14H2,1-3H3/b9-7+. The fraction of sp³-hybridized carbons (Fsp3) is 0.526. The molecule has 5 heteroatoms. The number of methoxy groups -OCH3 is 1. The summed E-state index contributed by atoms with van der Waals surface area (Å²) < 4.78 is 11.1. The third-order valence-electron chi connectivity index (χ3n) is 4.18. The molecule has 0 radical (unpaired) electrons. The van der Waals surface area contributed by atoms with Crippen molar-refractivity contribution in [3.63, 3.8) is 0 Å². The molecule has 1 aromatic rings. The van der Waals surface area contributed by atoms with Crippen LogP contribution in [0.25, 0.3) is 6.08 Å². The van der Waals surface area contributed by atoms with Crippen LogP contribution in [0.3, 0.4) is 0 Å². The minimum Gasteiger partial charge on any atom is -0.493 e. The predicted molar refractivity (Wildman–Crippen MR) is 96.5 cm³/mol. The van der Waals surface area contributed by atoms with Crippen LogP contribution in [0.1, 0.15) is 25.3 Å². The van der Waals surface area contributed by atoms with Gasteiger partial charge in [-0.3, -0.25) is 4.79 Å². The topological polar surface area (TPSA) is 42.0 Å². The van der Waals surface area contributed by atoms with Crippen molar-refractivity contribution in [2.24, 2.45) is 0 Å². The van der Waals surface area contributed by atoms with E-state index in [-0.39, 0.29) is 5.91 Å². The third-order valence-corrected chi connectivity index (χ3v) is 4.18. The van der Waals surface area contributed by atoms with Gasteiger partial charge < -0.3 is 19.3 Å². The molecule has 1 aromatic carbocycles. The first-order valence-corrected chi connectivity index (χ1v) is 8.60. The number of benzene rings is 1. The number of amides is 1. The zero-order chi connectivity index (χ0) is 17.4. The number of likely N-dealkylation sites (N-methyl/N-ethyl adjacent to an activating group) is 1. The minimum absolute atomic E-state index is 0.0605. The molecule has 0 aromatic heterocycles. The first-order valence-electron chi connectivity index (χ1n) is 8.60. The van der Waals surface area contributed by atoms with Crippen molar-refractivity contribution in [2.45, 2.75) is 19.8 Å². The normalized spacial score (nSPS) is 15.7. The maximum atomic E-state index is 12.2. The number of carbonyl (C=O) groups excluding carboxylic acids is 1. The van der Waals surface area contributed by atoms with Crippen molar-refractivity contribution < 1.29 is 14.3 Å². The molecule has 0 aliphatic carbocycles. The Bertz CT molecular complexity index is 564. The molecule has 5 nitrogen and oxygen atoms in total. The number of rotatable bonds is 7. The van der Waals surface area contributed by atoms with Gasteiger partial charge in [0.2, 0.25) is 5.91 Å². The van der Waals surface area contributed by atoms with Crippen molar-refractivity contribution >= 4 is 12.0 Å². The molecule has 0 unspecified atom stereocenters. The van der Waals surface area contributed by atoms with E-state index in [9.17, 15) is 4.79 Å². The third kappa shape index (κ3) is 5.27. The summed E-state index contributed by atoms with van der Waals surface area (Å²) in [6.07, 6.45) is 5.58. The summed E-state index contributed by atoms with van der Waals surface area (Å²) in [6, 6.07) is 5.74. The molecule has 1 aliphatic rings. The minimum atomic E-state index is 0.0605. The Morgan fingerprint density at radius 2 is 1.96 bits per heavy atom. The predicted octanol–water partition coefficient (Wildman–Crippen LogP) is 2.66. The highest BCUT2D eigenvalue weighted by Crippen LogP contribution is 2.28. The van der Waals surface area contributed by atoms with E-state index in [2.05, 4.69) is 18.9 Å². The summed E-state index contributed by atoms with van der Waals surface area (Å²) in [7, 11) is 3.71. The van der Waals surface area contributed by atoms with Gasteiger partial charge in [0.25, 0.3) is 0 Å². The van der Waals surface area contributed by atoms with Crippen LogP contribution in [0.2, 0.25) is 0 Å². The number of nitrogens with zero attached hydrogens (tertiary/aromatic N) is 2. The molecule has 1 aliphatic heterocycles. The highest BCUT2D eigenvalue weighted by Gasteiger charge is 2.16. The van der Waals surface area contributed by atoms with Gasteiger partial charge in [-0.05, 0) is 37.2 Å². The monoisotopic (exact) mass is 332 g/mol. The Kier molecular flexibility index (Phi) is 7.12. The maximum Gasteiger partial charge on any atom is 0.246 e. The van der Waals surface area contributed by atoms with Crippen LogP contribution in [-0.4, -0.2) is 62.7 Å². The lowest BCUT2D eigenvalue weighted by Gasteiger charge is -2.31. The lowest BCUT2D eigenvalue weighted by molar-refractivity contribution is -0.127. The van der Waals surface area contributed by atoms with E-state index < -0.39 is 0 Å². The number of piperazine rings is 1. The molecule has 1 fully saturated rings.